The minimum absolute atomic E-state index is 0.105. The molecule has 516 valence electrons. The average Bonchev–Trinajstić information content (AvgIpc) is 3.63. The Hall–Kier alpha value is -1.94. The molecule has 0 fully saturated rings. The molecule has 0 saturated heterocycles. The van der Waals surface area contributed by atoms with E-state index in [2.05, 4.69) is 41.5 Å². The monoisotopic (exact) mass is 1280 g/mol. The van der Waals surface area contributed by atoms with Crippen LogP contribution in [0, 0.1) is 11.8 Å². The van der Waals surface area contributed by atoms with Gasteiger partial charge in [0.15, 0.2) is 12.2 Å². The fourth-order valence-corrected chi connectivity index (χ4v) is 11.8. The Kier molecular flexibility index (Phi) is 59.0. The summed E-state index contributed by atoms with van der Waals surface area (Å²) in [5, 5.41) is 10.6. The molecule has 0 aliphatic heterocycles. The maximum atomic E-state index is 13.0. The third-order valence-electron chi connectivity index (χ3n) is 16.1. The van der Waals surface area contributed by atoms with Crippen molar-refractivity contribution in [3.05, 3.63) is 0 Å². The zero-order chi connectivity index (χ0) is 64.3. The van der Waals surface area contributed by atoms with Gasteiger partial charge in [0, 0.05) is 25.7 Å². The smallest absolute Gasteiger partial charge is 0.462 e. The van der Waals surface area contributed by atoms with Crippen LogP contribution in [0.3, 0.4) is 0 Å². The number of phosphoric ester groups is 2. The number of unbranched alkanes of at least 4 members (excludes halogenated alkanes) is 36. The molecule has 87 heavy (non-hydrogen) atoms. The van der Waals surface area contributed by atoms with Crippen LogP contribution in [0.2, 0.25) is 0 Å². The van der Waals surface area contributed by atoms with Crippen molar-refractivity contribution in [2.45, 2.75) is 362 Å². The van der Waals surface area contributed by atoms with Gasteiger partial charge in [-0.25, -0.2) is 9.13 Å². The number of aliphatic hydroxyl groups is 1. The number of hydrogen-bond acceptors (Lipinski definition) is 15. The van der Waals surface area contributed by atoms with Gasteiger partial charge in [0.2, 0.25) is 0 Å². The molecule has 0 aromatic heterocycles. The van der Waals surface area contributed by atoms with E-state index in [0.717, 1.165) is 108 Å². The van der Waals surface area contributed by atoms with E-state index in [1.807, 2.05) is 0 Å². The van der Waals surface area contributed by atoms with E-state index < -0.39 is 97.5 Å². The second-order valence-electron chi connectivity index (χ2n) is 25.3. The van der Waals surface area contributed by atoms with Gasteiger partial charge in [-0.15, -0.1) is 0 Å². The zero-order valence-corrected chi connectivity index (χ0v) is 58.1. The van der Waals surface area contributed by atoms with Crippen molar-refractivity contribution in [1.82, 2.24) is 0 Å². The first-order valence-corrected chi connectivity index (χ1v) is 38.5. The van der Waals surface area contributed by atoms with E-state index in [0.29, 0.717) is 25.7 Å². The van der Waals surface area contributed by atoms with E-state index in [9.17, 15) is 43.2 Å². The third-order valence-corrected chi connectivity index (χ3v) is 18.0. The van der Waals surface area contributed by atoms with Crippen molar-refractivity contribution >= 4 is 39.5 Å². The van der Waals surface area contributed by atoms with Gasteiger partial charge < -0.3 is 33.8 Å². The molecule has 0 aliphatic rings. The van der Waals surface area contributed by atoms with Crippen molar-refractivity contribution in [2.75, 3.05) is 39.6 Å². The lowest BCUT2D eigenvalue weighted by Crippen LogP contribution is -2.30. The molecule has 19 heteroatoms. The van der Waals surface area contributed by atoms with E-state index in [1.165, 1.54) is 154 Å². The lowest BCUT2D eigenvalue weighted by atomic mass is 9.99. The summed E-state index contributed by atoms with van der Waals surface area (Å²) in [6, 6.07) is 0. The molecule has 0 rings (SSSR count). The standard InChI is InChI=1S/C68H132O17P2/c1-7-10-12-14-16-25-34-40-46-52-67(72)84-63(56-78-65(70)50-44-38-32-17-15-13-11-8-2)58-82-86(74,75)80-54-62(69)55-81-87(76,77)83-59-64(57-79-66(71)51-45-39-33-29-24-26-30-36-42-48-60(4)5)85-68(73)53-47-41-35-28-23-21-19-18-20-22-27-31-37-43-49-61(6)9-3/h60-64,69H,7-59H2,1-6H3,(H,74,75)(H,76,77)/t61?,62-,63+,64+/m0/s1. The van der Waals surface area contributed by atoms with Crippen LogP contribution in [0.1, 0.15) is 343 Å². The first-order valence-electron chi connectivity index (χ1n) is 35.5. The molecule has 3 N–H and O–H groups in total. The van der Waals surface area contributed by atoms with Crippen LogP contribution in [0.25, 0.3) is 0 Å². The topological polar surface area (TPSA) is 237 Å². The number of carbonyl (C=O) groups excluding carboxylic acids is 4. The summed E-state index contributed by atoms with van der Waals surface area (Å²) in [5.41, 5.74) is 0. The van der Waals surface area contributed by atoms with Gasteiger partial charge in [-0.3, -0.25) is 37.3 Å². The van der Waals surface area contributed by atoms with E-state index in [4.69, 9.17) is 37.0 Å². The number of rotatable bonds is 67. The van der Waals surface area contributed by atoms with E-state index >= 15 is 0 Å². The molecule has 6 atom stereocenters. The van der Waals surface area contributed by atoms with E-state index in [-0.39, 0.29) is 25.7 Å². The summed E-state index contributed by atoms with van der Waals surface area (Å²) in [7, 11) is -9.89. The fraction of sp³-hybridized carbons (Fsp3) is 0.941. The van der Waals surface area contributed by atoms with Gasteiger partial charge in [-0.2, -0.15) is 0 Å². The van der Waals surface area contributed by atoms with Crippen molar-refractivity contribution in [2.24, 2.45) is 11.8 Å². The molecule has 17 nitrogen and oxygen atoms in total. The van der Waals surface area contributed by atoms with Gasteiger partial charge >= 0.3 is 39.5 Å². The van der Waals surface area contributed by atoms with Gasteiger partial charge in [0.1, 0.15) is 19.3 Å². The second-order valence-corrected chi connectivity index (χ2v) is 28.2. The Morgan fingerprint density at radius 2 is 0.586 bits per heavy atom. The zero-order valence-electron chi connectivity index (χ0n) is 56.3. The summed E-state index contributed by atoms with van der Waals surface area (Å²) in [4.78, 5) is 72.3. The molecular formula is C68H132O17P2. The largest absolute Gasteiger partial charge is 0.472 e. The van der Waals surface area contributed by atoms with Crippen molar-refractivity contribution < 1.29 is 80.2 Å². The summed E-state index contributed by atoms with van der Waals surface area (Å²) >= 11 is 0. The van der Waals surface area contributed by atoms with Gasteiger partial charge in [-0.1, -0.05) is 292 Å². The number of hydrogen-bond donors (Lipinski definition) is 3. The lowest BCUT2D eigenvalue weighted by molar-refractivity contribution is -0.161. The average molecular weight is 1280 g/mol. The first kappa shape index (κ1) is 85.1. The van der Waals surface area contributed by atoms with Gasteiger partial charge in [0.05, 0.1) is 26.4 Å². The van der Waals surface area contributed by atoms with Crippen LogP contribution in [0.5, 0.6) is 0 Å². The maximum absolute atomic E-state index is 13.0. The molecule has 0 heterocycles. The highest BCUT2D eigenvalue weighted by Gasteiger charge is 2.30. The Morgan fingerprint density at radius 3 is 0.874 bits per heavy atom. The molecule has 0 spiro atoms. The minimum atomic E-state index is -4.95. The molecule has 0 radical (unpaired) electrons. The Labute approximate surface area is 530 Å². The molecule has 0 amide bonds. The van der Waals surface area contributed by atoms with Crippen molar-refractivity contribution in [3.63, 3.8) is 0 Å². The van der Waals surface area contributed by atoms with Gasteiger partial charge in [-0.05, 0) is 37.5 Å². The predicted octanol–water partition coefficient (Wildman–Crippen LogP) is 19.2. The molecular weight excluding hydrogens is 1150 g/mol. The quantitative estimate of drug-likeness (QED) is 0.0222. The highest BCUT2D eigenvalue weighted by molar-refractivity contribution is 7.47. The lowest BCUT2D eigenvalue weighted by Gasteiger charge is -2.21. The number of ether oxygens (including phenoxy) is 4. The normalized spacial score (nSPS) is 14.5. The van der Waals surface area contributed by atoms with Crippen LogP contribution < -0.4 is 0 Å². The minimum Gasteiger partial charge on any atom is -0.462 e. The van der Waals surface area contributed by atoms with Gasteiger partial charge in [0.25, 0.3) is 0 Å². The molecule has 0 aliphatic carbocycles. The highest BCUT2D eigenvalue weighted by Crippen LogP contribution is 2.45. The number of carbonyl (C=O) groups is 4. The number of aliphatic hydroxyl groups excluding tert-OH is 1. The summed E-state index contributed by atoms with van der Waals surface area (Å²) < 4.78 is 68.1. The molecule has 0 aromatic rings. The Bertz CT molecular complexity index is 1700. The highest BCUT2D eigenvalue weighted by atomic mass is 31.2. The summed E-state index contributed by atoms with van der Waals surface area (Å²) in [6.45, 7) is 9.52. The predicted molar refractivity (Wildman–Crippen MR) is 349 cm³/mol. The van der Waals surface area contributed by atoms with Crippen LogP contribution in [-0.2, 0) is 65.4 Å². The maximum Gasteiger partial charge on any atom is 0.472 e. The SMILES string of the molecule is CCCCCCCCCCCC(=O)O[C@H](COC(=O)CCCCCCCCCC)COP(=O)(O)OC[C@H](O)COP(=O)(O)OC[C@@H](COC(=O)CCCCCCCCCCCC(C)C)OC(=O)CCCCCCCCCCCCCCCCC(C)CC. The van der Waals surface area contributed by atoms with Crippen LogP contribution >= 0.6 is 15.6 Å². The van der Waals surface area contributed by atoms with Crippen LogP contribution in [0.4, 0.5) is 0 Å². The molecule has 0 bridgehead atoms. The number of phosphoric acid groups is 2. The third kappa shape index (κ3) is 61.3. The molecule has 3 unspecified atom stereocenters. The summed E-state index contributed by atoms with van der Waals surface area (Å²) in [6.07, 6.45) is 44.4. The van der Waals surface area contributed by atoms with Crippen molar-refractivity contribution in [1.29, 1.82) is 0 Å². The Balaban J connectivity index is 5.19. The fourth-order valence-electron chi connectivity index (χ4n) is 10.2. The molecule has 0 saturated carbocycles. The Morgan fingerprint density at radius 1 is 0.333 bits per heavy atom. The van der Waals surface area contributed by atoms with E-state index in [1.54, 1.807) is 0 Å². The second kappa shape index (κ2) is 60.3. The summed E-state index contributed by atoms with van der Waals surface area (Å²) in [5.74, 6) is -0.541. The van der Waals surface area contributed by atoms with Crippen LogP contribution in [0.15, 0.2) is 0 Å². The molecule has 0 aromatic carbocycles. The van der Waals surface area contributed by atoms with Crippen molar-refractivity contribution in [3.8, 4) is 0 Å². The van der Waals surface area contributed by atoms with Crippen LogP contribution in [-0.4, -0.2) is 96.7 Å². The first-order chi connectivity index (χ1) is 41.9. The number of esters is 4.